The lowest BCUT2D eigenvalue weighted by atomic mass is 10.1. The number of carbonyl (C=O) groups is 1. The van der Waals surface area contributed by atoms with Crippen LogP contribution in [0.15, 0.2) is 17.4 Å². The molecular weight excluding hydrogens is 333 g/mol. The minimum Gasteiger partial charge on any atom is -0.481 e. The van der Waals surface area contributed by atoms with E-state index in [0.29, 0.717) is 29.6 Å². The van der Waals surface area contributed by atoms with E-state index in [0.717, 1.165) is 6.07 Å². The van der Waals surface area contributed by atoms with Gasteiger partial charge in [-0.05, 0) is 19.9 Å². The van der Waals surface area contributed by atoms with Crippen molar-refractivity contribution in [1.29, 1.82) is 0 Å². The topological polar surface area (TPSA) is 80.9 Å². The van der Waals surface area contributed by atoms with Crippen LogP contribution in [0.3, 0.4) is 0 Å². The van der Waals surface area contributed by atoms with Crippen molar-refractivity contribution in [2.75, 3.05) is 5.75 Å². The smallest absolute Gasteiger partial charge is 0.433 e. The van der Waals surface area contributed by atoms with Gasteiger partial charge in [-0.3, -0.25) is 9.48 Å². The lowest BCUT2D eigenvalue weighted by Crippen LogP contribution is -2.11. The van der Waals surface area contributed by atoms with Crippen molar-refractivity contribution in [3.8, 4) is 11.3 Å². The van der Waals surface area contributed by atoms with Crippen molar-refractivity contribution in [3.63, 3.8) is 0 Å². The first-order valence-electron chi connectivity index (χ1n) is 6.56. The maximum atomic E-state index is 13.0. The molecule has 0 aliphatic carbocycles. The molecule has 0 unspecified atom stereocenters. The molecule has 1 N–H and O–H groups in total. The molecule has 0 amide bonds. The summed E-state index contributed by atoms with van der Waals surface area (Å²) in [6, 6.07) is 0.842. The molecule has 0 spiro atoms. The number of aliphatic carboxylic acids is 1. The predicted molar refractivity (Wildman–Crippen MR) is 77.0 cm³/mol. The number of nitrogens with zero attached hydrogens (tertiary/aromatic N) is 4. The molecule has 0 aliphatic heterocycles. The number of thioether (sulfide) groups is 1. The van der Waals surface area contributed by atoms with E-state index in [1.165, 1.54) is 6.20 Å². The Balaban J connectivity index is 2.51. The van der Waals surface area contributed by atoms with Crippen molar-refractivity contribution in [1.82, 2.24) is 19.7 Å². The summed E-state index contributed by atoms with van der Waals surface area (Å²) >= 11 is 0.637. The number of hydrogen-bond acceptors (Lipinski definition) is 5. The summed E-state index contributed by atoms with van der Waals surface area (Å²) in [6.45, 7) is 4.16. The molecule has 0 aliphatic rings. The number of alkyl halides is 3. The third-order valence-electron chi connectivity index (χ3n) is 3.00. The van der Waals surface area contributed by atoms with Crippen LogP contribution < -0.4 is 0 Å². The van der Waals surface area contributed by atoms with Gasteiger partial charge in [0.1, 0.15) is 5.69 Å². The average Bonchev–Trinajstić information content (AvgIpc) is 2.84. The largest absolute Gasteiger partial charge is 0.481 e. The van der Waals surface area contributed by atoms with E-state index in [-0.39, 0.29) is 10.9 Å². The van der Waals surface area contributed by atoms with Crippen LogP contribution in [-0.4, -0.2) is 36.6 Å². The normalized spacial score (nSPS) is 11.7. The van der Waals surface area contributed by atoms with Crippen LogP contribution >= 0.6 is 11.8 Å². The van der Waals surface area contributed by atoms with E-state index in [1.54, 1.807) is 11.6 Å². The first kappa shape index (κ1) is 17.3. The number of aryl methyl sites for hydroxylation is 1. The van der Waals surface area contributed by atoms with Gasteiger partial charge in [-0.2, -0.15) is 18.3 Å². The number of carboxylic acids is 1. The molecule has 0 fully saturated rings. The van der Waals surface area contributed by atoms with Gasteiger partial charge in [-0.25, -0.2) is 9.97 Å². The van der Waals surface area contributed by atoms with Crippen LogP contribution in [0.25, 0.3) is 11.3 Å². The minimum absolute atomic E-state index is 0.0670. The third kappa shape index (κ3) is 4.01. The summed E-state index contributed by atoms with van der Waals surface area (Å²) < 4.78 is 40.6. The average molecular weight is 346 g/mol. The first-order valence-corrected chi connectivity index (χ1v) is 7.54. The first-order chi connectivity index (χ1) is 10.7. The molecule has 10 heteroatoms. The quantitative estimate of drug-likeness (QED) is 0.662. The number of halogens is 3. The molecule has 0 atom stereocenters. The molecule has 2 aromatic rings. The van der Waals surface area contributed by atoms with E-state index in [9.17, 15) is 18.0 Å². The second kappa shape index (κ2) is 6.57. The molecule has 2 heterocycles. The Morgan fingerprint density at radius 1 is 1.39 bits per heavy atom. The standard InChI is InChI=1S/C13H13F3N4O2S/c1-3-20-7(2)8(5-17-20)9-4-10(13(14,15)16)19-12(18-9)23-6-11(21)22/h4-5H,3,6H2,1-2H3,(H,21,22). The van der Waals surface area contributed by atoms with Crippen LogP contribution in [-0.2, 0) is 17.5 Å². The van der Waals surface area contributed by atoms with E-state index in [4.69, 9.17) is 5.11 Å². The highest BCUT2D eigenvalue weighted by Gasteiger charge is 2.34. The zero-order valence-electron chi connectivity index (χ0n) is 12.3. The Bertz CT molecular complexity index is 730. The maximum absolute atomic E-state index is 13.0. The SMILES string of the molecule is CCn1ncc(-c2cc(C(F)(F)F)nc(SCC(=O)O)n2)c1C. The van der Waals surface area contributed by atoms with Crippen LogP contribution in [0.1, 0.15) is 18.3 Å². The molecule has 0 aromatic carbocycles. The molecule has 23 heavy (non-hydrogen) atoms. The fourth-order valence-corrected chi connectivity index (χ4v) is 2.49. The number of aromatic nitrogens is 4. The van der Waals surface area contributed by atoms with Crippen molar-refractivity contribution in [2.45, 2.75) is 31.7 Å². The number of hydrogen-bond donors (Lipinski definition) is 1. The van der Waals surface area contributed by atoms with Gasteiger partial charge in [0.05, 0.1) is 17.6 Å². The van der Waals surface area contributed by atoms with Crippen LogP contribution in [0, 0.1) is 6.92 Å². The van der Waals surface area contributed by atoms with Gasteiger partial charge in [-0.15, -0.1) is 0 Å². The monoisotopic (exact) mass is 346 g/mol. The second-order valence-electron chi connectivity index (χ2n) is 4.56. The summed E-state index contributed by atoms with van der Waals surface area (Å²) in [6.07, 6.45) is -3.21. The zero-order chi connectivity index (χ0) is 17.2. The van der Waals surface area contributed by atoms with Gasteiger partial charge < -0.3 is 5.11 Å². The van der Waals surface area contributed by atoms with Crippen LogP contribution in [0.5, 0.6) is 0 Å². The predicted octanol–water partition coefficient (Wildman–Crippen LogP) is 2.86. The van der Waals surface area contributed by atoms with E-state index >= 15 is 0 Å². The Labute approximate surface area is 133 Å². The lowest BCUT2D eigenvalue weighted by Gasteiger charge is -2.10. The Morgan fingerprint density at radius 2 is 2.09 bits per heavy atom. The number of carboxylic acid groups (broad SMARTS) is 1. The molecule has 124 valence electrons. The van der Waals surface area contributed by atoms with Gasteiger partial charge >= 0.3 is 12.1 Å². The Hall–Kier alpha value is -2.10. The van der Waals surface area contributed by atoms with Gasteiger partial charge in [0.15, 0.2) is 5.16 Å². The van der Waals surface area contributed by atoms with Crippen molar-refractivity contribution in [2.24, 2.45) is 0 Å². The molecular formula is C13H13F3N4O2S. The molecule has 2 aromatic heterocycles. The van der Waals surface area contributed by atoms with Crippen molar-refractivity contribution < 1.29 is 23.1 Å². The van der Waals surface area contributed by atoms with Crippen molar-refractivity contribution in [3.05, 3.63) is 23.7 Å². The summed E-state index contributed by atoms with van der Waals surface area (Å²) in [5.74, 6) is -1.58. The van der Waals surface area contributed by atoms with Gasteiger partial charge in [0.25, 0.3) is 0 Å². The highest BCUT2D eigenvalue weighted by molar-refractivity contribution is 7.99. The third-order valence-corrected chi connectivity index (χ3v) is 3.83. The van der Waals surface area contributed by atoms with E-state index in [1.807, 2.05) is 6.92 Å². The molecule has 0 bridgehead atoms. The summed E-state index contributed by atoms with van der Waals surface area (Å²) in [5.41, 5.74) is 0.0851. The fourth-order valence-electron chi connectivity index (χ4n) is 1.92. The summed E-state index contributed by atoms with van der Waals surface area (Å²) in [4.78, 5) is 18.0. The van der Waals surface area contributed by atoms with Crippen LogP contribution in [0.2, 0.25) is 0 Å². The second-order valence-corrected chi connectivity index (χ2v) is 5.50. The van der Waals surface area contributed by atoms with Crippen molar-refractivity contribution >= 4 is 17.7 Å². The van der Waals surface area contributed by atoms with Crippen LogP contribution in [0.4, 0.5) is 13.2 Å². The van der Waals surface area contributed by atoms with Gasteiger partial charge in [0, 0.05) is 17.8 Å². The molecule has 0 saturated heterocycles. The van der Waals surface area contributed by atoms with E-state index in [2.05, 4.69) is 15.1 Å². The highest BCUT2D eigenvalue weighted by atomic mass is 32.2. The fraction of sp³-hybridized carbons (Fsp3) is 0.385. The molecule has 2 rings (SSSR count). The van der Waals surface area contributed by atoms with E-state index < -0.39 is 23.6 Å². The highest BCUT2D eigenvalue weighted by Crippen LogP contribution is 2.32. The van der Waals surface area contributed by atoms with Gasteiger partial charge in [-0.1, -0.05) is 11.8 Å². The molecule has 0 radical (unpaired) electrons. The Kier molecular flexibility index (Phi) is 4.93. The summed E-state index contributed by atoms with van der Waals surface area (Å²) in [7, 11) is 0. The molecule has 6 nitrogen and oxygen atoms in total. The molecule has 0 saturated carbocycles. The summed E-state index contributed by atoms with van der Waals surface area (Å²) in [5, 5.41) is 12.5. The zero-order valence-corrected chi connectivity index (χ0v) is 13.1. The minimum atomic E-state index is -4.65. The Morgan fingerprint density at radius 3 is 2.61 bits per heavy atom. The maximum Gasteiger partial charge on any atom is 0.433 e. The van der Waals surface area contributed by atoms with Gasteiger partial charge in [0.2, 0.25) is 0 Å². The number of rotatable bonds is 5. The lowest BCUT2D eigenvalue weighted by molar-refractivity contribution is -0.141.